The number of nitrogens with zero attached hydrogens (tertiary/aromatic N) is 2. The topological polar surface area (TPSA) is 78.3 Å². The van der Waals surface area contributed by atoms with E-state index >= 15 is 0 Å². The number of hydrogen-bond acceptors (Lipinski definition) is 4. The van der Waals surface area contributed by atoms with E-state index in [-0.39, 0.29) is 12.4 Å². The number of benzene rings is 1. The standard InChI is InChI=1S/C18H17N3O3.ClH/c19-18(22)15-5-3-9-21(12-15)13-23-10-11-24-17-8-7-14-4-1-2-6-16(14)20-17;/h1-9,12H,10-11,13H2,(H-,19,22);1H. The van der Waals surface area contributed by atoms with E-state index in [1.807, 2.05) is 36.4 Å². The first kappa shape index (κ1) is 18.6. The van der Waals surface area contributed by atoms with Gasteiger partial charge in [-0.25, -0.2) is 4.98 Å². The molecule has 0 atom stereocenters. The SMILES string of the molecule is NC(=O)c1ccc[n+](COCCOc2ccc3ccccc3n2)c1.[Cl-]. The van der Waals surface area contributed by atoms with Crippen LogP contribution in [0, 0.1) is 0 Å². The molecule has 0 unspecified atom stereocenters. The average molecular weight is 360 g/mol. The lowest BCUT2D eigenvalue weighted by Crippen LogP contribution is -3.00. The number of carbonyl (C=O) groups excluding carboxylic acids is 1. The molecule has 3 rings (SSSR count). The molecule has 0 spiro atoms. The molecule has 2 aromatic heterocycles. The molecule has 0 saturated carbocycles. The summed E-state index contributed by atoms with van der Waals surface area (Å²) in [5.41, 5.74) is 6.58. The van der Waals surface area contributed by atoms with Gasteiger partial charge in [-0.2, -0.15) is 4.57 Å². The van der Waals surface area contributed by atoms with Crippen molar-refractivity contribution in [2.45, 2.75) is 6.73 Å². The van der Waals surface area contributed by atoms with Crippen LogP contribution in [0.4, 0.5) is 0 Å². The fraction of sp³-hybridized carbons (Fsp3) is 0.167. The van der Waals surface area contributed by atoms with Gasteiger partial charge in [0.25, 0.3) is 12.6 Å². The van der Waals surface area contributed by atoms with Crippen molar-refractivity contribution < 1.29 is 31.2 Å². The number of rotatable bonds is 7. The van der Waals surface area contributed by atoms with E-state index in [0.29, 0.717) is 31.4 Å². The minimum absolute atomic E-state index is 0. The molecule has 0 saturated heterocycles. The maximum absolute atomic E-state index is 11.1. The lowest BCUT2D eigenvalue weighted by molar-refractivity contribution is -0.732. The highest BCUT2D eigenvalue weighted by molar-refractivity contribution is 5.92. The molecule has 6 nitrogen and oxygen atoms in total. The first-order valence-corrected chi connectivity index (χ1v) is 7.57. The van der Waals surface area contributed by atoms with Gasteiger partial charge in [0.1, 0.15) is 12.2 Å². The number of hydrogen-bond donors (Lipinski definition) is 1. The molecule has 1 aromatic carbocycles. The van der Waals surface area contributed by atoms with Crippen LogP contribution in [0.3, 0.4) is 0 Å². The Morgan fingerprint density at radius 1 is 1.08 bits per heavy atom. The summed E-state index contributed by atoms with van der Waals surface area (Å²) < 4.78 is 12.9. The summed E-state index contributed by atoms with van der Waals surface area (Å²) in [7, 11) is 0. The molecule has 0 radical (unpaired) electrons. The molecular weight excluding hydrogens is 342 g/mol. The number of fused-ring (bicyclic) bond motifs is 1. The minimum atomic E-state index is -0.463. The Balaban J connectivity index is 0.00000225. The Bertz CT molecular complexity index is 858. The monoisotopic (exact) mass is 359 g/mol. The number of primary amides is 1. The predicted molar refractivity (Wildman–Crippen MR) is 88.3 cm³/mol. The summed E-state index contributed by atoms with van der Waals surface area (Å²) in [5, 5.41) is 1.08. The Morgan fingerprint density at radius 3 is 2.76 bits per heavy atom. The molecule has 0 bridgehead atoms. The molecular formula is C18H18ClN3O3. The number of amides is 1. The summed E-state index contributed by atoms with van der Waals surface area (Å²) in [6.07, 6.45) is 3.45. The third-order valence-electron chi connectivity index (χ3n) is 3.43. The van der Waals surface area contributed by atoms with Crippen LogP contribution in [0.5, 0.6) is 5.88 Å². The van der Waals surface area contributed by atoms with Crippen molar-refractivity contribution in [3.8, 4) is 5.88 Å². The highest BCUT2D eigenvalue weighted by atomic mass is 35.5. The van der Waals surface area contributed by atoms with Gasteiger partial charge in [0, 0.05) is 17.5 Å². The number of para-hydroxylation sites is 1. The lowest BCUT2D eigenvalue weighted by Gasteiger charge is -2.06. The number of aromatic nitrogens is 2. The Morgan fingerprint density at radius 2 is 1.92 bits per heavy atom. The van der Waals surface area contributed by atoms with E-state index in [9.17, 15) is 4.79 Å². The third-order valence-corrected chi connectivity index (χ3v) is 3.43. The first-order valence-electron chi connectivity index (χ1n) is 7.57. The van der Waals surface area contributed by atoms with E-state index in [4.69, 9.17) is 15.2 Å². The molecule has 0 fully saturated rings. The Kier molecular flexibility index (Phi) is 6.68. The zero-order chi connectivity index (χ0) is 16.8. The molecule has 25 heavy (non-hydrogen) atoms. The maximum atomic E-state index is 11.1. The number of nitrogens with two attached hydrogens (primary N) is 1. The van der Waals surface area contributed by atoms with Crippen LogP contribution in [0.25, 0.3) is 10.9 Å². The number of pyridine rings is 2. The van der Waals surface area contributed by atoms with Gasteiger partial charge in [0.15, 0.2) is 12.4 Å². The zero-order valence-corrected chi connectivity index (χ0v) is 14.2. The molecule has 1 amide bonds. The van der Waals surface area contributed by atoms with Crippen molar-refractivity contribution in [3.63, 3.8) is 0 Å². The van der Waals surface area contributed by atoms with Crippen molar-refractivity contribution in [1.29, 1.82) is 0 Å². The van der Waals surface area contributed by atoms with Crippen LogP contribution in [0.15, 0.2) is 60.9 Å². The second-order valence-electron chi connectivity index (χ2n) is 5.20. The quantitative estimate of drug-likeness (QED) is 0.419. The van der Waals surface area contributed by atoms with E-state index in [2.05, 4.69) is 4.98 Å². The molecule has 0 aliphatic carbocycles. The maximum Gasteiger partial charge on any atom is 0.254 e. The largest absolute Gasteiger partial charge is 1.00 e. The van der Waals surface area contributed by atoms with Crippen molar-refractivity contribution >= 4 is 16.8 Å². The number of carbonyl (C=O) groups is 1. The molecule has 2 N–H and O–H groups in total. The fourth-order valence-electron chi connectivity index (χ4n) is 2.25. The summed E-state index contributed by atoms with van der Waals surface area (Å²) in [4.78, 5) is 15.5. The minimum Gasteiger partial charge on any atom is -1.00 e. The number of halogens is 1. The van der Waals surface area contributed by atoms with Crippen LogP contribution in [-0.4, -0.2) is 24.1 Å². The first-order chi connectivity index (χ1) is 11.7. The second-order valence-corrected chi connectivity index (χ2v) is 5.20. The van der Waals surface area contributed by atoms with E-state index < -0.39 is 5.91 Å². The van der Waals surface area contributed by atoms with Gasteiger partial charge in [0.05, 0.1) is 12.1 Å². The third kappa shape index (κ3) is 5.14. The fourth-order valence-corrected chi connectivity index (χ4v) is 2.25. The van der Waals surface area contributed by atoms with Crippen LogP contribution < -0.4 is 27.4 Å². The van der Waals surface area contributed by atoms with Gasteiger partial charge in [-0.1, -0.05) is 18.2 Å². The second kappa shape index (κ2) is 8.96. The van der Waals surface area contributed by atoms with Crippen LogP contribution in [-0.2, 0) is 11.5 Å². The van der Waals surface area contributed by atoms with E-state index in [0.717, 1.165) is 10.9 Å². The molecule has 0 aliphatic rings. The van der Waals surface area contributed by atoms with Crippen molar-refractivity contribution in [1.82, 2.24) is 4.98 Å². The van der Waals surface area contributed by atoms with E-state index in [1.54, 1.807) is 29.1 Å². The van der Waals surface area contributed by atoms with Gasteiger partial charge in [-0.15, -0.1) is 0 Å². The summed E-state index contributed by atoms with van der Waals surface area (Å²) in [6, 6.07) is 15.1. The average Bonchev–Trinajstić information content (AvgIpc) is 2.61. The molecule has 2 heterocycles. The smallest absolute Gasteiger partial charge is 0.254 e. The summed E-state index contributed by atoms with van der Waals surface area (Å²) in [5.74, 6) is 0.107. The van der Waals surface area contributed by atoms with Gasteiger partial charge < -0.3 is 27.6 Å². The van der Waals surface area contributed by atoms with Crippen LogP contribution in [0.2, 0.25) is 0 Å². The highest BCUT2D eigenvalue weighted by Gasteiger charge is 2.07. The molecule has 3 aromatic rings. The number of ether oxygens (including phenoxy) is 2. The van der Waals surface area contributed by atoms with Crippen molar-refractivity contribution in [3.05, 3.63) is 66.5 Å². The van der Waals surface area contributed by atoms with E-state index in [1.165, 1.54) is 0 Å². The lowest BCUT2D eigenvalue weighted by atomic mass is 10.2. The predicted octanol–water partition coefficient (Wildman–Crippen LogP) is -1.32. The van der Waals surface area contributed by atoms with Gasteiger partial charge >= 0.3 is 0 Å². The normalized spacial score (nSPS) is 10.2. The summed E-state index contributed by atoms with van der Waals surface area (Å²) in [6.45, 7) is 1.11. The van der Waals surface area contributed by atoms with Crippen LogP contribution >= 0.6 is 0 Å². The van der Waals surface area contributed by atoms with Crippen molar-refractivity contribution in [2.24, 2.45) is 5.73 Å². The highest BCUT2D eigenvalue weighted by Crippen LogP contribution is 2.15. The van der Waals surface area contributed by atoms with Gasteiger partial charge in [-0.05, 0) is 18.2 Å². The Hall–Kier alpha value is -2.70. The molecule has 130 valence electrons. The molecule has 7 heteroatoms. The Labute approximate surface area is 151 Å². The summed E-state index contributed by atoms with van der Waals surface area (Å²) >= 11 is 0. The molecule has 0 aliphatic heterocycles. The zero-order valence-electron chi connectivity index (χ0n) is 13.5. The van der Waals surface area contributed by atoms with Crippen molar-refractivity contribution in [2.75, 3.05) is 13.2 Å². The van der Waals surface area contributed by atoms with Gasteiger partial charge in [-0.3, -0.25) is 4.79 Å². The van der Waals surface area contributed by atoms with Gasteiger partial charge in [0.2, 0.25) is 5.88 Å². The van der Waals surface area contributed by atoms with Crippen LogP contribution in [0.1, 0.15) is 10.4 Å².